The zero-order chi connectivity index (χ0) is 13.5. The van der Waals surface area contributed by atoms with Crippen LogP contribution in [0.1, 0.15) is 43.6 Å². The molecule has 1 heterocycles. The zero-order valence-electron chi connectivity index (χ0n) is 12.1. The van der Waals surface area contributed by atoms with Crippen LogP contribution in [-0.2, 0) is 0 Å². The second kappa shape index (κ2) is 5.16. The van der Waals surface area contributed by atoms with Gasteiger partial charge in [0.1, 0.15) is 0 Å². The van der Waals surface area contributed by atoms with E-state index in [-0.39, 0.29) is 6.10 Å². The summed E-state index contributed by atoms with van der Waals surface area (Å²) in [5, 5.41) is 10.2. The summed E-state index contributed by atoms with van der Waals surface area (Å²) in [6.07, 6.45) is 6.36. The van der Waals surface area contributed by atoms with Crippen LogP contribution < -0.4 is 0 Å². The Morgan fingerprint density at radius 2 is 1.70 bits per heavy atom. The van der Waals surface area contributed by atoms with E-state index in [1.165, 1.54) is 50.8 Å². The van der Waals surface area contributed by atoms with E-state index in [4.69, 9.17) is 0 Å². The number of aliphatic hydroxyl groups excluding tert-OH is 1. The number of aliphatic hydroxyl groups is 1. The van der Waals surface area contributed by atoms with E-state index in [1.54, 1.807) is 0 Å². The molecule has 1 aromatic rings. The maximum Gasteiger partial charge on any atom is 0.0612 e. The molecule has 1 aliphatic heterocycles. The Balaban J connectivity index is 1.38. The molecule has 20 heavy (non-hydrogen) atoms. The van der Waals surface area contributed by atoms with E-state index in [2.05, 4.69) is 35.2 Å². The van der Waals surface area contributed by atoms with Gasteiger partial charge in [-0.15, -0.1) is 0 Å². The Kier molecular flexibility index (Phi) is 3.31. The largest absolute Gasteiger partial charge is 0.392 e. The lowest BCUT2D eigenvalue weighted by atomic mass is 9.86. The summed E-state index contributed by atoms with van der Waals surface area (Å²) in [7, 11) is 0. The minimum atomic E-state index is 0.00634. The molecule has 0 aromatic heterocycles. The smallest absolute Gasteiger partial charge is 0.0612 e. The molecule has 2 aliphatic carbocycles. The van der Waals surface area contributed by atoms with E-state index < -0.39 is 0 Å². The molecule has 1 saturated heterocycles. The van der Waals surface area contributed by atoms with E-state index in [0.717, 1.165) is 5.92 Å². The molecule has 0 spiro atoms. The second-order valence-corrected chi connectivity index (χ2v) is 7.02. The SMILES string of the molecule is O[C@@H]1[C@H]2CC[C@@H]1[C@@H](N1CCC(c3ccccc3)CC1)C2. The summed E-state index contributed by atoms with van der Waals surface area (Å²) in [4.78, 5) is 2.69. The molecule has 1 N–H and O–H groups in total. The number of fused-ring (bicyclic) bond motifs is 2. The number of rotatable bonds is 2. The third kappa shape index (κ3) is 2.10. The third-order valence-corrected chi connectivity index (χ3v) is 6.10. The summed E-state index contributed by atoms with van der Waals surface area (Å²) < 4.78 is 0. The molecule has 2 nitrogen and oxygen atoms in total. The van der Waals surface area contributed by atoms with Crippen molar-refractivity contribution in [2.24, 2.45) is 11.8 Å². The molecule has 2 bridgehead atoms. The van der Waals surface area contributed by atoms with E-state index in [9.17, 15) is 5.11 Å². The van der Waals surface area contributed by atoms with Gasteiger partial charge in [0.2, 0.25) is 0 Å². The van der Waals surface area contributed by atoms with Crippen molar-refractivity contribution in [3.63, 3.8) is 0 Å². The Morgan fingerprint density at radius 3 is 2.30 bits per heavy atom. The maximum absolute atomic E-state index is 10.2. The van der Waals surface area contributed by atoms with Crippen molar-refractivity contribution >= 4 is 0 Å². The Labute approximate surface area is 121 Å². The van der Waals surface area contributed by atoms with Crippen LogP contribution in [0.25, 0.3) is 0 Å². The van der Waals surface area contributed by atoms with Crippen LogP contribution in [0.2, 0.25) is 0 Å². The first-order valence-corrected chi connectivity index (χ1v) is 8.30. The summed E-state index contributed by atoms with van der Waals surface area (Å²) >= 11 is 0. The van der Waals surface area contributed by atoms with E-state index >= 15 is 0 Å². The standard InChI is InChI=1S/C18H25NO/c20-18-15-6-7-16(18)17(12-15)19-10-8-14(9-11-19)13-4-2-1-3-5-13/h1-5,14-18,20H,6-12H2/t15-,16+,17-,18+/m0/s1. The highest BCUT2D eigenvalue weighted by Crippen LogP contribution is 2.47. The van der Waals surface area contributed by atoms with E-state index in [1.807, 2.05) is 0 Å². The van der Waals surface area contributed by atoms with Gasteiger partial charge in [-0.2, -0.15) is 0 Å². The van der Waals surface area contributed by atoms with E-state index in [0.29, 0.717) is 17.9 Å². The fourth-order valence-electron chi connectivity index (χ4n) is 4.97. The molecule has 4 atom stereocenters. The van der Waals surface area contributed by atoms with Gasteiger partial charge in [-0.1, -0.05) is 30.3 Å². The van der Waals surface area contributed by atoms with Crippen LogP contribution in [0.4, 0.5) is 0 Å². The number of piperidine rings is 1. The minimum Gasteiger partial charge on any atom is -0.392 e. The topological polar surface area (TPSA) is 23.5 Å². The molecule has 2 heteroatoms. The van der Waals surface area contributed by atoms with Gasteiger partial charge < -0.3 is 5.11 Å². The normalized spacial score (nSPS) is 38.5. The molecule has 0 radical (unpaired) electrons. The van der Waals surface area contributed by atoms with Gasteiger partial charge in [-0.25, -0.2) is 0 Å². The van der Waals surface area contributed by atoms with Crippen molar-refractivity contribution in [3.05, 3.63) is 35.9 Å². The number of nitrogens with zero attached hydrogens (tertiary/aromatic N) is 1. The molecular formula is C18H25NO. The number of likely N-dealkylation sites (tertiary alicyclic amines) is 1. The monoisotopic (exact) mass is 271 g/mol. The van der Waals surface area contributed by atoms with Gasteiger partial charge in [0.25, 0.3) is 0 Å². The van der Waals surface area contributed by atoms with Crippen molar-refractivity contribution in [3.8, 4) is 0 Å². The van der Waals surface area contributed by atoms with Crippen molar-refractivity contribution in [2.75, 3.05) is 13.1 Å². The van der Waals surface area contributed by atoms with Crippen molar-refractivity contribution < 1.29 is 5.11 Å². The molecule has 108 valence electrons. The van der Waals surface area contributed by atoms with Crippen LogP contribution in [-0.4, -0.2) is 35.2 Å². The van der Waals surface area contributed by atoms with Gasteiger partial charge in [-0.05, 0) is 62.6 Å². The molecule has 4 rings (SSSR count). The Morgan fingerprint density at radius 1 is 0.950 bits per heavy atom. The van der Waals surface area contributed by atoms with Crippen LogP contribution in [0.3, 0.4) is 0 Å². The molecule has 0 unspecified atom stereocenters. The lowest BCUT2D eigenvalue weighted by Gasteiger charge is -2.39. The van der Waals surface area contributed by atoms with Crippen molar-refractivity contribution in [1.29, 1.82) is 0 Å². The zero-order valence-corrected chi connectivity index (χ0v) is 12.1. The predicted octanol–water partition coefficient (Wildman–Crippen LogP) is 3.03. The lowest BCUT2D eigenvalue weighted by molar-refractivity contribution is 0.0791. The fourth-order valence-corrected chi connectivity index (χ4v) is 4.97. The highest BCUT2D eigenvalue weighted by Gasteiger charge is 2.49. The van der Waals surface area contributed by atoms with Crippen molar-refractivity contribution in [1.82, 2.24) is 4.90 Å². The second-order valence-electron chi connectivity index (χ2n) is 7.02. The first-order valence-electron chi connectivity index (χ1n) is 8.30. The first-order chi connectivity index (χ1) is 9.83. The predicted molar refractivity (Wildman–Crippen MR) is 80.6 cm³/mol. The van der Waals surface area contributed by atoms with Crippen LogP contribution >= 0.6 is 0 Å². The Hall–Kier alpha value is -0.860. The highest BCUT2D eigenvalue weighted by molar-refractivity contribution is 5.20. The molecule has 3 fully saturated rings. The molecule has 2 saturated carbocycles. The molecule has 1 aromatic carbocycles. The maximum atomic E-state index is 10.2. The molecule has 3 aliphatic rings. The van der Waals surface area contributed by atoms with Gasteiger partial charge >= 0.3 is 0 Å². The lowest BCUT2D eigenvalue weighted by Crippen LogP contribution is -2.44. The van der Waals surface area contributed by atoms with Crippen LogP contribution in [0.5, 0.6) is 0 Å². The van der Waals surface area contributed by atoms with Crippen LogP contribution in [0, 0.1) is 11.8 Å². The summed E-state index contributed by atoms with van der Waals surface area (Å²) in [6.45, 7) is 2.44. The van der Waals surface area contributed by atoms with Gasteiger partial charge in [0.05, 0.1) is 6.10 Å². The van der Waals surface area contributed by atoms with Gasteiger partial charge in [0.15, 0.2) is 0 Å². The minimum absolute atomic E-state index is 0.00634. The number of benzene rings is 1. The average molecular weight is 271 g/mol. The third-order valence-electron chi connectivity index (χ3n) is 6.10. The van der Waals surface area contributed by atoms with Crippen LogP contribution in [0.15, 0.2) is 30.3 Å². The molecule has 0 amide bonds. The molecular weight excluding hydrogens is 246 g/mol. The van der Waals surface area contributed by atoms with Gasteiger partial charge in [0, 0.05) is 12.0 Å². The fraction of sp³-hybridized carbons (Fsp3) is 0.667. The quantitative estimate of drug-likeness (QED) is 0.894. The summed E-state index contributed by atoms with van der Waals surface area (Å²) in [6, 6.07) is 11.7. The average Bonchev–Trinajstić information content (AvgIpc) is 3.04. The first kappa shape index (κ1) is 12.8. The highest BCUT2D eigenvalue weighted by atomic mass is 16.3. The van der Waals surface area contributed by atoms with Gasteiger partial charge in [-0.3, -0.25) is 4.90 Å². The number of hydrogen-bond acceptors (Lipinski definition) is 2. The summed E-state index contributed by atoms with van der Waals surface area (Å²) in [5.41, 5.74) is 1.51. The van der Waals surface area contributed by atoms with Crippen molar-refractivity contribution in [2.45, 2.75) is 50.2 Å². The Bertz CT molecular complexity index is 452. The summed E-state index contributed by atoms with van der Waals surface area (Å²) in [5.74, 6) is 1.93. The number of hydrogen-bond donors (Lipinski definition) is 1.